The van der Waals surface area contributed by atoms with Crippen LogP contribution in [0, 0.1) is 11.3 Å². The summed E-state index contributed by atoms with van der Waals surface area (Å²) in [6.45, 7) is 6.20. The molecule has 1 aliphatic rings. The van der Waals surface area contributed by atoms with Crippen LogP contribution in [0.25, 0.3) is 10.9 Å². The first-order valence-corrected chi connectivity index (χ1v) is 8.78. The number of nitrogens with zero attached hydrogens (tertiary/aromatic N) is 4. The number of fused-ring (bicyclic) bond motifs is 1. The Kier molecular flexibility index (Phi) is 5.63. The Hall–Kier alpha value is -2.16. The number of hydrogen-bond acceptors (Lipinski definition) is 5. The van der Waals surface area contributed by atoms with Gasteiger partial charge >= 0.3 is 0 Å². The molecule has 0 atom stereocenters. The molecule has 1 aliphatic heterocycles. The quantitative estimate of drug-likeness (QED) is 0.827. The van der Waals surface area contributed by atoms with Gasteiger partial charge in [0.2, 0.25) is 0 Å². The normalized spacial score (nSPS) is 15.6. The van der Waals surface area contributed by atoms with Crippen molar-refractivity contribution < 1.29 is 0 Å². The van der Waals surface area contributed by atoms with Gasteiger partial charge in [0.15, 0.2) is 0 Å². The molecule has 5 heteroatoms. The van der Waals surface area contributed by atoms with Crippen LogP contribution in [0.1, 0.15) is 24.8 Å². The average molecular weight is 323 g/mol. The smallest absolute Gasteiger partial charge is 0.129 e. The Labute approximate surface area is 143 Å². The standard InChI is InChI=1S/C19H25N5/c20-8-2-1-3-9-23-10-12-24(13-11-23)19-7-5-17-14-16(15-21)4-6-18(17)22-19/h4-7,14H,1-3,8-13,20H2. The largest absolute Gasteiger partial charge is 0.354 e. The van der Waals surface area contributed by atoms with Gasteiger partial charge in [0.05, 0.1) is 17.1 Å². The van der Waals surface area contributed by atoms with Crippen LogP contribution >= 0.6 is 0 Å². The molecule has 1 fully saturated rings. The van der Waals surface area contributed by atoms with E-state index in [0.717, 1.165) is 55.9 Å². The predicted octanol–water partition coefficient (Wildman–Crippen LogP) is 2.36. The van der Waals surface area contributed by atoms with Gasteiger partial charge in [0, 0.05) is 31.6 Å². The van der Waals surface area contributed by atoms with Crippen LogP contribution in [0.5, 0.6) is 0 Å². The van der Waals surface area contributed by atoms with E-state index in [0.29, 0.717) is 5.56 Å². The molecule has 0 amide bonds. The minimum Gasteiger partial charge on any atom is -0.354 e. The summed E-state index contributed by atoms with van der Waals surface area (Å²) in [5.74, 6) is 1.04. The number of rotatable bonds is 6. The lowest BCUT2D eigenvalue weighted by Gasteiger charge is -2.35. The molecule has 0 saturated carbocycles. The summed E-state index contributed by atoms with van der Waals surface area (Å²) in [6.07, 6.45) is 3.61. The Bertz CT molecular complexity index is 713. The second kappa shape index (κ2) is 8.09. The second-order valence-corrected chi connectivity index (χ2v) is 6.37. The summed E-state index contributed by atoms with van der Waals surface area (Å²) in [4.78, 5) is 9.66. The van der Waals surface area contributed by atoms with Crippen molar-refractivity contribution >= 4 is 16.7 Å². The monoisotopic (exact) mass is 323 g/mol. The van der Waals surface area contributed by atoms with Crippen molar-refractivity contribution in [2.75, 3.05) is 44.2 Å². The fraction of sp³-hybridized carbons (Fsp3) is 0.474. The number of aromatic nitrogens is 1. The fourth-order valence-corrected chi connectivity index (χ4v) is 3.22. The Morgan fingerprint density at radius 1 is 1.04 bits per heavy atom. The summed E-state index contributed by atoms with van der Waals surface area (Å²) in [6, 6.07) is 12.0. The molecule has 24 heavy (non-hydrogen) atoms. The van der Waals surface area contributed by atoms with Crippen LogP contribution in [-0.2, 0) is 0 Å². The SMILES string of the molecule is N#Cc1ccc2nc(N3CCN(CCCCCN)CC3)ccc2c1. The Balaban J connectivity index is 1.58. The topological polar surface area (TPSA) is 69.2 Å². The zero-order chi connectivity index (χ0) is 16.8. The summed E-state index contributed by atoms with van der Waals surface area (Å²) < 4.78 is 0. The maximum Gasteiger partial charge on any atom is 0.129 e. The van der Waals surface area contributed by atoms with Gasteiger partial charge in [-0.1, -0.05) is 6.42 Å². The van der Waals surface area contributed by atoms with Crippen molar-refractivity contribution in [3.8, 4) is 6.07 Å². The lowest BCUT2D eigenvalue weighted by atomic mass is 10.1. The highest BCUT2D eigenvalue weighted by Gasteiger charge is 2.17. The van der Waals surface area contributed by atoms with Crippen molar-refractivity contribution in [1.82, 2.24) is 9.88 Å². The molecule has 0 spiro atoms. The molecule has 2 heterocycles. The van der Waals surface area contributed by atoms with Crippen molar-refractivity contribution in [2.45, 2.75) is 19.3 Å². The van der Waals surface area contributed by atoms with E-state index in [9.17, 15) is 0 Å². The maximum atomic E-state index is 8.98. The number of unbranched alkanes of at least 4 members (excludes halogenated alkanes) is 2. The number of anilines is 1. The van der Waals surface area contributed by atoms with E-state index in [1.165, 1.54) is 19.4 Å². The van der Waals surface area contributed by atoms with Gasteiger partial charge in [0.1, 0.15) is 5.82 Å². The highest BCUT2D eigenvalue weighted by atomic mass is 15.3. The number of nitriles is 1. The van der Waals surface area contributed by atoms with Crippen molar-refractivity contribution in [3.63, 3.8) is 0 Å². The summed E-state index contributed by atoms with van der Waals surface area (Å²) in [5, 5.41) is 10.0. The lowest BCUT2D eigenvalue weighted by Crippen LogP contribution is -2.46. The minimum atomic E-state index is 0.681. The number of pyridine rings is 1. The first-order chi connectivity index (χ1) is 11.8. The highest BCUT2D eigenvalue weighted by Crippen LogP contribution is 2.20. The molecular formula is C19H25N5. The Morgan fingerprint density at radius 2 is 1.88 bits per heavy atom. The highest BCUT2D eigenvalue weighted by molar-refractivity contribution is 5.81. The fourth-order valence-electron chi connectivity index (χ4n) is 3.22. The third-order valence-corrected chi connectivity index (χ3v) is 4.68. The number of hydrogen-bond donors (Lipinski definition) is 1. The van der Waals surface area contributed by atoms with Crippen LogP contribution in [0.4, 0.5) is 5.82 Å². The van der Waals surface area contributed by atoms with E-state index in [4.69, 9.17) is 16.0 Å². The minimum absolute atomic E-state index is 0.681. The van der Waals surface area contributed by atoms with Gasteiger partial charge in [-0.15, -0.1) is 0 Å². The molecule has 0 unspecified atom stereocenters. The van der Waals surface area contributed by atoms with Crippen molar-refractivity contribution in [2.24, 2.45) is 5.73 Å². The second-order valence-electron chi connectivity index (χ2n) is 6.37. The molecule has 3 rings (SSSR count). The number of piperazine rings is 1. The van der Waals surface area contributed by atoms with E-state index >= 15 is 0 Å². The van der Waals surface area contributed by atoms with Crippen LogP contribution in [0.3, 0.4) is 0 Å². The van der Waals surface area contributed by atoms with E-state index in [-0.39, 0.29) is 0 Å². The van der Waals surface area contributed by atoms with Crippen molar-refractivity contribution in [3.05, 3.63) is 35.9 Å². The van der Waals surface area contributed by atoms with Gasteiger partial charge < -0.3 is 10.6 Å². The Morgan fingerprint density at radius 3 is 2.62 bits per heavy atom. The molecule has 2 N–H and O–H groups in total. The van der Waals surface area contributed by atoms with Gasteiger partial charge in [-0.05, 0) is 56.3 Å². The molecule has 1 aromatic heterocycles. The third-order valence-electron chi connectivity index (χ3n) is 4.68. The zero-order valence-electron chi connectivity index (χ0n) is 14.1. The van der Waals surface area contributed by atoms with Gasteiger partial charge in [-0.2, -0.15) is 5.26 Å². The molecule has 1 saturated heterocycles. The van der Waals surface area contributed by atoms with E-state index < -0.39 is 0 Å². The summed E-state index contributed by atoms with van der Waals surface area (Å²) in [7, 11) is 0. The molecule has 5 nitrogen and oxygen atoms in total. The van der Waals surface area contributed by atoms with E-state index in [1.807, 2.05) is 18.2 Å². The first-order valence-electron chi connectivity index (χ1n) is 8.78. The van der Waals surface area contributed by atoms with Crippen LogP contribution in [0.2, 0.25) is 0 Å². The number of nitrogens with two attached hydrogens (primary N) is 1. The van der Waals surface area contributed by atoms with Crippen LogP contribution < -0.4 is 10.6 Å². The molecule has 0 bridgehead atoms. The summed E-state index contributed by atoms with van der Waals surface area (Å²) in [5.41, 5.74) is 7.18. The van der Waals surface area contributed by atoms with Gasteiger partial charge in [-0.25, -0.2) is 4.98 Å². The zero-order valence-corrected chi connectivity index (χ0v) is 14.1. The molecule has 0 aliphatic carbocycles. The predicted molar refractivity (Wildman–Crippen MR) is 98.0 cm³/mol. The lowest BCUT2D eigenvalue weighted by molar-refractivity contribution is 0.252. The van der Waals surface area contributed by atoms with Crippen LogP contribution in [0.15, 0.2) is 30.3 Å². The molecule has 2 aromatic rings. The third kappa shape index (κ3) is 4.02. The molecule has 1 aromatic carbocycles. The maximum absolute atomic E-state index is 8.98. The number of benzene rings is 1. The van der Waals surface area contributed by atoms with Crippen LogP contribution in [-0.4, -0.2) is 49.2 Å². The molecular weight excluding hydrogens is 298 g/mol. The van der Waals surface area contributed by atoms with Gasteiger partial charge in [-0.3, -0.25) is 4.90 Å². The summed E-state index contributed by atoms with van der Waals surface area (Å²) >= 11 is 0. The average Bonchev–Trinajstić information content (AvgIpc) is 2.65. The molecule has 126 valence electrons. The first kappa shape index (κ1) is 16.7. The van der Waals surface area contributed by atoms with E-state index in [1.54, 1.807) is 0 Å². The van der Waals surface area contributed by atoms with Crippen molar-refractivity contribution in [1.29, 1.82) is 5.26 Å². The van der Waals surface area contributed by atoms with E-state index in [2.05, 4.69) is 28.0 Å². The molecule has 0 radical (unpaired) electrons. The van der Waals surface area contributed by atoms with Gasteiger partial charge in [0.25, 0.3) is 0 Å².